The predicted molar refractivity (Wildman–Crippen MR) is 62.2 cm³/mol. The van der Waals surface area contributed by atoms with Crippen LogP contribution in [0.2, 0.25) is 0 Å². The van der Waals surface area contributed by atoms with Gasteiger partial charge in [-0.15, -0.1) is 0 Å². The zero-order chi connectivity index (χ0) is 11.5. The first-order valence-electron chi connectivity index (χ1n) is 5.88. The van der Waals surface area contributed by atoms with Crippen molar-refractivity contribution in [1.29, 1.82) is 0 Å². The molecule has 1 aliphatic rings. The lowest BCUT2D eigenvalue weighted by Crippen LogP contribution is -2.12. The van der Waals surface area contributed by atoms with E-state index in [0.29, 0.717) is 6.54 Å². The van der Waals surface area contributed by atoms with E-state index in [9.17, 15) is 0 Å². The molecule has 1 aromatic heterocycles. The quantitative estimate of drug-likeness (QED) is 0.839. The first kappa shape index (κ1) is 11.5. The minimum absolute atomic E-state index is 0.101. The minimum atomic E-state index is 0.101. The van der Waals surface area contributed by atoms with Gasteiger partial charge in [-0.2, -0.15) is 0 Å². The summed E-state index contributed by atoms with van der Waals surface area (Å²) < 4.78 is 5.60. The topological polar surface area (TPSA) is 61.0 Å². The predicted octanol–water partition coefficient (Wildman–Crippen LogP) is 1.45. The van der Waals surface area contributed by atoms with Gasteiger partial charge in [-0.1, -0.05) is 0 Å². The van der Waals surface area contributed by atoms with E-state index in [1.165, 1.54) is 5.56 Å². The van der Waals surface area contributed by atoms with E-state index in [0.717, 1.165) is 43.1 Å². The first-order valence-corrected chi connectivity index (χ1v) is 5.88. The number of hydrogen-bond donors (Lipinski definition) is 1. The SMILES string of the molecule is Cc1nc(C2CCCO2)nc(C)c1CCN. The van der Waals surface area contributed by atoms with E-state index in [1.807, 2.05) is 13.8 Å². The summed E-state index contributed by atoms with van der Waals surface area (Å²) in [6, 6.07) is 0. The van der Waals surface area contributed by atoms with Crippen molar-refractivity contribution in [2.75, 3.05) is 13.2 Å². The molecule has 16 heavy (non-hydrogen) atoms. The van der Waals surface area contributed by atoms with Crippen LogP contribution in [0.25, 0.3) is 0 Å². The van der Waals surface area contributed by atoms with Crippen LogP contribution in [0.5, 0.6) is 0 Å². The van der Waals surface area contributed by atoms with Crippen LogP contribution >= 0.6 is 0 Å². The second-order valence-corrected chi connectivity index (χ2v) is 4.27. The average molecular weight is 221 g/mol. The average Bonchev–Trinajstić information content (AvgIpc) is 2.76. The number of aryl methyl sites for hydroxylation is 2. The van der Waals surface area contributed by atoms with Crippen molar-refractivity contribution in [3.05, 3.63) is 22.8 Å². The lowest BCUT2D eigenvalue weighted by atomic mass is 10.1. The van der Waals surface area contributed by atoms with Gasteiger partial charge in [0.1, 0.15) is 6.10 Å². The van der Waals surface area contributed by atoms with Gasteiger partial charge < -0.3 is 10.5 Å². The maximum Gasteiger partial charge on any atom is 0.157 e. The molecule has 4 heteroatoms. The Morgan fingerprint density at radius 3 is 2.50 bits per heavy atom. The van der Waals surface area contributed by atoms with E-state index < -0.39 is 0 Å². The fraction of sp³-hybridized carbons (Fsp3) is 0.667. The molecular formula is C12H19N3O. The highest BCUT2D eigenvalue weighted by Gasteiger charge is 2.21. The van der Waals surface area contributed by atoms with Crippen LogP contribution in [-0.2, 0) is 11.2 Å². The third-order valence-electron chi connectivity index (χ3n) is 3.05. The number of aromatic nitrogens is 2. The number of ether oxygens (including phenoxy) is 1. The smallest absolute Gasteiger partial charge is 0.157 e. The van der Waals surface area contributed by atoms with Gasteiger partial charge in [0, 0.05) is 18.0 Å². The van der Waals surface area contributed by atoms with Crippen molar-refractivity contribution < 1.29 is 4.74 Å². The van der Waals surface area contributed by atoms with Crippen molar-refractivity contribution in [3.8, 4) is 0 Å². The van der Waals surface area contributed by atoms with E-state index in [4.69, 9.17) is 10.5 Å². The van der Waals surface area contributed by atoms with E-state index in [1.54, 1.807) is 0 Å². The molecule has 88 valence electrons. The fourth-order valence-corrected chi connectivity index (χ4v) is 2.20. The summed E-state index contributed by atoms with van der Waals surface area (Å²) in [5, 5.41) is 0. The van der Waals surface area contributed by atoms with Crippen molar-refractivity contribution in [2.45, 2.75) is 39.2 Å². The molecule has 1 saturated heterocycles. The monoisotopic (exact) mass is 221 g/mol. The van der Waals surface area contributed by atoms with Gasteiger partial charge in [-0.3, -0.25) is 0 Å². The Labute approximate surface area is 96.2 Å². The number of nitrogens with two attached hydrogens (primary N) is 1. The molecule has 0 aliphatic carbocycles. The summed E-state index contributed by atoms with van der Waals surface area (Å²) in [5.74, 6) is 0.841. The fourth-order valence-electron chi connectivity index (χ4n) is 2.20. The van der Waals surface area contributed by atoms with Crippen molar-refractivity contribution >= 4 is 0 Å². The molecule has 1 aliphatic heterocycles. The van der Waals surface area contributed by atoms with Gasteiger partial charge in [0.05, 0.1) is 0 Å². The molecule has 0 amide bonds. The highest BCUT2D eigenvalue weighted by molar-refractivity contribution is 5.25. The largest absolute Gasteiger partial charge is 0.370 e. The second kappa shape index (κ2) is 4.89. The molecule has 0 spiro atoms. The highest BCUT2D eigenvalue weighted by Crippen LogP contribution is 2.26. The molecule has 0 aromatic carbocycles. The van der Waals surface area contributed by atoms with Crippen molar-refractivity contribution in [1.82, 2.24) is 9.97 Å². The third kappa shape index (κ3) is 2.23. The van der Waals surface area contributed by atoms with Crippen LogP contribution in [0.1, 0.15) is 41.7 Å². The molecule has 0 radical (unpaired) electrons. The maximum atomic E-state index is 5.60. The normalized spacial score (nSPS) is 20.3. The molecule has 1 unspecified atom stereocenters. The van der Waals surface area contributed by atoms with Crippen molar-refractivity contribution in [2.24, 2.45) is 5.73 Å². The van der Waals surface area contributed by atoms with Gasteiger partial charge in [0.25, 0.3) is 0 Å². The van der Waals surface area contributed by atoms with Crippen LogP contribution in [-0.4, -0.2) is 23.1 Å². The summed E-state index contributed by atoms with van der Waals surface area (Å²) in [6.07, 6.45) is 3.10. The zero-order valence-corrected chi connectivity index (χ0v) is 9.99. The van der Waals surface area contributed by atoms with Gasteiger partial charge in [-0.05, 0) is 45.2 Å². The molecule has 4 nitrogen and oxygen atoms in total. The molecule has 2 N–H and O–H groups in total. The number of rotatable bonds is 3. The van der Waals surface area contributed by atoms with Crippen LogP contribution in [0.3, 0.4) is 0 Å². The molecule has 0 saturated carbocycles. The standard InChI is InChI=1S/C12H19N3O/c1-8-10(5-6-13)9(2)15-12(14-8)11-4-3-7-16-11/h11H,3-7,13H2,1-2H3. The Kier molecular flexibility index (Phi) is 3.51. The maximum absolute atomic E-state index is 5.60. The molecule has 1 atom stereocenters. The van der Waals surface area contributed by atoms with Crippen molar-refractivity contribution in [3.63, 3.8) is 0 Å². The molecular weight excluding hydrogens is 202 g/mol. The van der Waals surface area contributed by atoms with Gasteiger partial charge in [-0.25, -0.2) is 9.97 Å². The Morgan fingerprint density at radius 2 is 2.00 bits per heavy atom. The van der Waals surface area contributed by atoms with Gasteiger partial charge >= 0.3 is 0 Å². The van der Waals surface area contributed by atoms with Crippen LogP contribution in [0, 0.1) is 13.8 Å². The van der Waals surface area contributed by atoms with E-state index in [2.05, 4.69) is 9.97 Å². The Morgan fingerprint density at radius 1 is 1.31 bits per heavy atom. The second-order valence-electron chi connectivity index (χ2n) is 4.27. The van der Waals surface area contributed by atoms with E-state index in [-0.39, 0.29) is 6.10 Å². The first-order chi connectivity index (χ1) is 7.72. The lowest BCUT2D eigenvalue weighted by Gasteiger charge is -2.13. The summed E-state index contributed by atoms with van der Waals surface area (Å²) >= 11 is 0. The Hall–Kier alpha value is -1.00. The lowest BCUT2D eigenvalue weighted by molar-refractivity contribution is 0.104. The molecule has 1 fully saturated rings. The summed E-state index contributed by atoms with van der Waals surface area (Å²) in [7, 11) is 0. The third-order valence-corrected chi connectivity index (χ3v) is 3.05. The molecule has 0 bridgehead atoms. The summed E-state index contributed by atoms with van der Waals surface area (Å²) in [4.78, 5) is 9.09. The van der Waals surface area contributed by atoms with Crippen LogP contribution in [0.4, 0.5) is 0 Å². The summed E-state index contributed by atoms with van der Waals surface area (Å²) in [6.45, 7) is 5.53. The molecule has 1 aromatic rings. The highest BCUT2D eigenvalue weighted by atomic mass is 16.5. The Bertz CT molecular complexity index is 350. The van der Waals surface area contributed by atoms with Gasteiger partial charge in [0.15, 0.2) is 5.82 Å². The minimum Gasteiger partial charge on any atom is -0.370 e. The Balaban J connectivity index is 2.28. The number of hydrogen-bond acceptors (Lipinski definition) is 4. The van der Waals surface area contributed by atoms with Crippen LogP contribution in [0.15, 0.2) is 0 Å². The number of nitrogens with zero attached hydrogens (tertiary/aromatic N) is 2. The summed E-state index contributed by atoms with van der Waals surface area (Å²) in [5.41, 5.74) is 8.85. The van der Waals surface area contributed by atoms with Gasteiger partial charge in [0.2, 0.25) is 0 Å². The van der Waals surface area contributed by atoms with Crippen LogP contribution < -0.4 is 5.73 Å². The molecule has 2 rings (SSSR count). The van der Waals surface area contributed by atoms with E-state index >= 15 is 0 Å². The zero-order valence-electron chi connectivity index (χ0n) is 9.99. The molecule has 2 heterocycles.